The van der Waals surface area contributed by atoms with Gasteiger partial charge in [0, 0.05) is 21.3 Å². The van der Waals surface area contributed by atoms with Crippen LogP contribution >= 0.6 is 22.4 Å². The third kappa shape index (κ3) is 1.64. The van der Waals surface area contributed by atoms with Crippen molar-refractivity contribution >= 4 is 31.5 Å². The van der Waals surface area contributed by atoms with Gasteiger partial charge >= 0.3 is 0 Å². The van der Waals surface area contributed by atoms with Gasteiger partial charge in [0.25, 0.3) is 9.05 Å². The Balaban J connectivity index is 2.72. The number of benzene rings is 1. The second kappa shape index (κ2) is 3.40. The summed E-state index contributed by atoms with van der Waals surface area (Å²) in [5.41, 5.74) is 0.519. The van der Waals surface area contributed by atoms with Crippen LogP contribution in [0, 0.1) is 5.82 Å². The van der Waals surface area contributed by atoms with E-state index in [1.807, 2.05) is 0 Å². The molecule has 2 rings (SSSR count). The van der Waals surface area contributed by atoms with E-state index in [1.165, 1.54) is 17.8 Å². The molecule has 0 aliphatic carbocycles. The van der Waals surface area contributed by atoms with Crippen molar-refractivity contribution in [1.82, 2.24) is 0 Å². The topological polar surface area (TPSA) is 34.1 Å². The van der Waals surface area contributed by atoms with Gasteiger partial charge in [-0.05, 0) is 24.1 Å². The molecule has 76 valence electrons. The fourth-order valence-corrected chi connectivity index (χ4v) is 3.79. The van der Waals surface area contributed by atoms with Crippen LogP contribution in [-0.2, 0) is 15.5 Å². The van der Waals surface area contributed by atoms with Crippen molar-refractivity contribution in [2.24, 2.45) is 0 Å². The molecule has 1 aliphatic rings. The summed E-state index contributed by atoms with van der Waals surface area (Å²) < 4.78 is 35.5. The molecule has 0 radical (unpaired) electrons. The third-order valence-corrected chi connectivity index (χ3v) is 4.58. The van der Waals surface area contributed by atoms with E-state index in [1.54, 1.807) is 0 Å². The number of halogens is 2. The maximum atomic E-state index is 13.2. The summed E-state index contributed by atoms with van der Waals surface area (Å²) in [6.45, 7) is 0. The van der Waals surface area contributed by atoms with Crippen molar-refractivity contribution < 1.29 is 12.8 Å². The minimum Gasteiger partial charge on any atom is -0.207 e. The summed E-state index contributed by atoms with van der Waals surface area (Å²) in [5.74, 6) is 0.335. The Bertz CT molecular complexity index is 484. The van der Waals surface area contributed by atoms with E-state index in [0.29, 0.717) is 22.6 Å². The van der Waals surface area contributed by atoms with Crippen LogP contribution in [0.3, 0.4) is 0 Å². The number of hydrogen-bond acceptors (Lipinski definition) is 3. The van der Waals surface area contributed by atoms with Crippen LogP contribution in [0.4, 0.5) is 4.39 Å². The van der Waals surface area contributed by atoms with Gasteiger partial charge < -0.3 is 0 Å². The average molecular weight is 253 g/mol. The zero-order chi connectivity index (χ0) is 10.3. The molecule has 0 saturated heterocycles. The molecule has 0 aromatic heterocycles. The molecule has 0 atom stereocenters. The molecule has 0 saturated carbocycles. The maximum Gasteiger partial charge on any atom is 0.261 e. The number of hydrogen-bond donors (Lipinski definition) is 0. The van der Waals surface area contributed by atoms with Crippen LogP contribution in [0.15, 0.2) is 21.9 Å². The highest BCUT2D eigenvalue weighted by Crippen LogP contribution is 2.38. The fourth-order valence-electron chi connectivity index (χ4n) is 1.46. The third-order valence-electron chi connectivity index (χ3n) is 2.03. The normalized spacial score (nSPS) is 15.6. The lowest BCUT2D eigenvalue weighted by atomic mass is 10.2. The summed E-state index contributed by atoms with van der Waals surface area (Å²) >= 11 is 1.33. The van der Waals surface area contributed by atoms with Gasteiger partial charge in [0.1, 0.15) is 5.82 Å². The molecule has 0 spiro atoms. The molecule has 0 fully saturated rings. The van der Waals surface area contributed by atoms with Gasteiger partial charge in [0.05, 0.1) is 4.90 Å². The molecule has 0 unspecified atom stereocenters. The zero-order valence-corrected chi connectivity index (χ0v) is 9.35. The van der Waals surface area contributed by atoms with Gasteiger partial charge in [-0.3, -0.25) is 0 Å². The van der Waals surface area contributed by atoms with Crippen LogP contribution in [0.5, 0.6) is 0 Å². The van der Waals surface area contributed by atoms with Crippen molar-refractivity contribution in [3.05, 3.63) is 23.5 Å². The summed E-state index contributed by atoms with van der Waals surface area (Å²) in [4.78, 5) is 0.465. The first-order valence-corrected chi connectivity index (χ1v) is 7.18. The molecule has 1 aliphatic heterocycles. The minimum atomic E-state index is -3.75. The Morgan fingerprint density at radius 3 is 2.79 bits per heavy atom. The number of rotatable bonds is 1. The second-order valence-electron chi connectivity index (χ2n) is 2.89. The first-order chi connectivity index (χ1) is 6.50. The highest BCUT2D eigenvalue weighted by Gasteiger charge is 2.24. The largest absolute Gasteiger partial charge is 0.261 e. The summed E-state index contributed by atoms with van der Waals surface area (Å²) in [5, 5.41) is 0. The quantitative estimate of drug-likeness (QED) is 0.720. The predicted molar refractivity (Wildman–Crippen MR) is 53.9 cm³/mol. The molecular formula is C8H6ClFO2S2. The minimum absolute atomic E-state index is 0.0422. The summed E-state index contributed by atoms with van der Waals surface area (Å²) in [6, 6.07) is 2.37. The van der Waals surface area contributed by atoms with Crippen molar-refractivity contribution in [2.45, 2.75) is 16.2 Å². The smallest absolute Gasteiger partial charge is 0.207 e. The van der Waals surface area contributed by atoms with Gasteiger partial charge in [0.2, 0.25) is 0 Å². The Morgan fingerprint density at radius 1 is 1.43 bits per heavy atom. The molecule has 1 heterocycles. The summed E-state index contributed by atoms with van der Waals surface area (Å²) in [6.07, 6.45) is 0.555. The van der Waals surface area contributed by atoms with E-state index in [9.17, 15) is 12.8 Å². The van der Waals surface area contributed by atoms with Gasteiger partial charge in [-0.25, -0.2) is 12.8 Å². The van der Waals surface area contributed by atoms with Crippen molar-refractivity contribution in [2.75, 3.05) is 5.75 Å². The Hall–Kier alpha value is -0.260. The molecule has 2 nitrogen and oxygen atoms in total. The van der Waals surface area contributed by atoms with E-state index in [4.69, 9.17) is 10.7 Å². The number of thioether (sulfide) groups is 1. The van der Waals surface area contributed by atoms with E-state index >= 15 is 0 Å². The zero-order valence-electron chi connectivity index (χ0n) is 6.96. The molecule has 1 aromatic carbocycles. The van der Waals surface area contributed by atoms with Crippen LogP contribution < -0.4 is 0 Å². The lowest BCUT2D eigenvalue weighted by Gasteiger charge is -2.04. The van der Waals surface area contributed by atoms with Crippen molar-refractivity contribution in [3.63, 3.8) is 0 Å². The molecule has 0 amide bonds. The summed E-state index contributed by atoms with van der Waals surface area (Å²) in [7, 11) is 1.48. The molecule has 1 aromatic rings. The molecule has 14 heavy (non-hydrogen) atoms. The van der Waals surface area contributed by atoms with Crippen LogP contribution in [-0.4, -0.2) is 14.2 Å². The standard InChI is InChI=1S/C8H6ClFO2S2/c9-14(11,12)7-2-1-6(10)8-5(7)3-4-13-8/h1-2H,3-4H2. The maximum absolute atomic E-state index is 13.2. The van der Waals surface area contributed by atoms with Crippen molar-refractivity contribution in [1.29, 1.82) is 0 Å². The highest BCUT2D eigenvalue weighted by molar-refractivity contribution is 8.13. The second-order valence-corrected chi connectivity index (χ2v) is 6.53. The van der Waals surface area contributed by atoms with Gasteiger partial charge in [-0.15, -0.1) is 11.8 Å². The fraction of sp³-hybridized carbons (Fsp3) is 0.250. The molecule has 6 heteroatoms. The first kappa shape index (κ1) is 10.3. The lowest BCUT2D eigenvalue weighted by Crippen LogP contribution is -1.98. The van der Waals surface area contributed by atoms with Crippen LogP contribution in [0.2, 0.25) is 0 Å². The van der Waals surface area contributed by atoms with Gasteiger partial charge in [0.15, 0.2) is 0 Å². The molecule has 0 N–H and O–H groups in total. The van der Waals surface area contributed by atoms with E-state index in [2.05, 4.69) is 0 Å². The predicted octanol–water partition coefficient (Wildman–Crippen LogP) is 2.40. The Labute approximate surface area is 89.9 Å². The van der Waals surface area contributed by atoms with Crippen LogP contribution in [0.25, 0.3) is 0 Å². The molecular weight excluding hydrogens is 247 g/mol. The monoisotopic (exact) mass is 252 g/mol. The van der Waals surface area contributed by atoms with E-state index in [0.717, 1.165) is 6.07 Å². The van der Waals surface area contributed by atoms with Crippen LogP contribution in [0.1, 0.15) is 5.56 Å². The van der Waals surface area contributed by atoms with Crippen molar-refractivity contribution in [3.8, 4) is 0 Å². The lowest BCUT2D eigenvalue weighted by molar-refractivity contribution is 0.592. The highest BCUT2D eigenvalue weighted by atomic mass is 35.7. The first-order valence-electron chi connectivity index (χ1n) is 3.89. The van der Waals surface area contributed by atoms with Gasteiger partial charge in [-0.2, -0.15) is 0 Å². The molecule has 0 bridgehead atoms. The Kier molecular flexibility index (Phi) is 2.49. The van der Waals surface area contributed by atoms with E-state index in [-0.39, 0.29) is 10.7 Å². The SMILES string of the molecule is O=S(=O)(Cl)c1ccc(F)c2c1CCS2. The average Bonchev–Trinajstić information content (AvgIpc) is 2.50. The Morgan fingerprint density at radius 2 is 2.14 bits per heavy atom. The van der Waals surface area contributed by atoms with Gasteiger partial charge in [-0.1, -0.05) is 0 Å². The van der Waals surface area contributed by atoms with E-state index < -0.39 is 9.05 Å². The number of fused-ring (bicyclic) bond motifs is 1.